The summed E-state index contributed by atoms with van der Waals surface area (Å²) in [6.07, 6.45) is 7.37. The monoisotopic (exact) mass is 465 g/mol. The summed E-state index contributed by atoms with van der Waals surface area (Å²) in [5.41, 5.74) is 0.931. The second kappa shape index (κ2) is 9.05. The molecule has 1 aromatic carbocycles. The van der Waals surface area contributed by atoms with Crippen molar-refractivity contribution in [1.82, 2.24) is 20.4 Å². The highest BCUT2D eigenvalue weighted by molar-refractivity contribution is 7.15. The Bertz CT molecular complexity index is 1050. The number of fused-ring (bicyclic) bond motifs is 1. The second-order valence-electron chi connectivity index (χ2n) is 8.94. The van der Waals surface area contributed by atoms with Gasteiger partial charge in [-0.2, -0.15) is 0 Å². The number of aryl methyl sites for hydroxylation is 1. The fourth-order valence-corrected chi connectivity index (χ4v) is 6.19. The molecule has 33 heavy (non-hydrogen) atoms. The summed E-state index contributed by atoms with van der Waals surface area (Å²) in [6, 6.07) is 9.06. The standard InChI is InChI=1S/C24H27N5O3S/c1-2-6-18-27-28-24(33-18)26-23(32)25-17(13-14-7-4-3-5-8-14)29-21(30)19-15-9-10-16(12-11-15)20(19)22(29)31/h3-5,7-10,15-17,19-20H,2,6,11-13H2,1H3,(H2,25,26,28,32). The summed E-state index contributed by atoms with van der Waals surface area (Å²) < 4.78 is 0. The molecule has 3 aliphatic carbocycles. The molecule has 8 nitrogen and oxygen atoms in total. The van der Waals surface area contributed by atoms with Crippen molar-refractivity contribution in [3.63, 3.8) is 0 Å². The first kappa shape index (κ1) is 21.8. The van der Waals surface area contributed by atoms with Gasteiger partial charge in [0.1, 0.15) is 11.2 Å². The Morgan fingerprint density at radius 2 is 1.76 bits per heavy atom. The Balaban J connectivity index is 1.37. The minimum Gasteiger partial charge on any atom is -0.317 e. The highest BCUT2D eigenvalue weighted by atomic mass is 32.1. The lowest BCUT2D eigenvalue weighted by Gasteiger charge is -2.38. The minimum atomic E-state index is -0.777. The van der Waals surface area contributed by atoms with E-state index in [1.54, 1.807) is 0 Å². The molecule has 2 fully saturated rings. The van der Waals surface area contributed by atoms with Crippen molar-refractivity contribution >= 4 is 34.3 Å². The first-order valence-corrected chi connectivity index (χ1v) is 12.4. The summed E-state index contributed by atoms with van der Waals surface area (Å²) in [5.74, 6) is -0.775. The third kappa shape index (κ3) is 4.17. The molecule has 2 aromatic rings. The SMILES string of the molecule is CCCc1nnc(NC(=O)NC(Cc2ccccc2)N2C(=O)C3C4C=CC(CC4)C3C2=O)s1. The van der Waals surface area contributed by atoms with Gasteiger partial charge in [0.25, 0.3) is 0 Å². The molecule has 5 atom stereocenters. The summed E-state index contributed by atoms with van der Waals surface area (Å²) >= 11 is 1.33. The number of imide groups is 1. The number of rotatable bonds is 7. The van der Waals surface area contributed by atoms with Gasteiger partial charge in [-0.25, -0.2) is 4.79 Å². The molecular weight excluding hydrogens is 438 g/mol. The van der Waals surface area contributed by atoms with Gasteiger partial charge in [0.05, 0.1) is 11.8 Å². The van der Waals surface area contributed by atoms with Crippen molar-refractivity contribution in [2.75, 3.05) is 5.32 Å². The molecule has 0 spiro atoms. The number of hydrogen-bond acceptors (Lipinski definition) is 6. The van der Waals surface area contributed by atoms with Crippen LogP contribution in [0.15, 0.2) is 42.5 Å². The molecule has 2 N–H and O–H groups in total. The van der Waals surface area contributed by atoms with E-state index in [4.69, 9.17) is 0 Å². The number of likely N-dealkylation sites (tertiary alicyclic amines) is 1. The number of aromatic nitrogens is 2. The lowest BCUT2D eigenvalue weighted by molar-refractivity contribution is -0.143. The molecule has 2 bridgehead atoms. The Morgan fingerprint density at radius 1 is 1.09 bits per heavy atom. The van der Waals surface area contributed by atoms with E-state index >= 15 is 0 Å². The molecule has 5 unspecified atom stereocenters. The van der Waals surface area contributed by atoms with E-state index in [9.17, 15) is 14.4 Å². The van der Waals surface area contributed by atoms with Gasteiger partial charge in [0, 0.05) is 12.8 Å². The first-order chi connectivity index (χ1) is 16.0. The average molecular weight is 466 g/mol. The number of benzene rings is 1. The van der Waals surface area contributed by atoms with Crippen molar-refractivity contribution < 1.29 is 14.4 Å². The van der Waals surface area contributed by atoms with Gasteiger partial charge < -0.3 is 5.32 Å². The van der Waals surface area contributed by atoms with Crippen LogP contribution in [0.4, 0.5) is 9.93 Å². The number of urea groups is 1. The quantitative estimate of drug-likeness (QED) is 0.482. The predicted octanol–water partition coefficient (Wildman–Crippen LogP) is 3.38. The third-order valence-electron chi connectivity index (χ3n) is 6.83. The number of carbonyl (C=O) groups excluding carboxylic acids is 3. The maximum atomic E-state index is 13.5. The summed E-state index contributed by atoms with van der Waals surface area (Å²) in [5, 5.41) is 14.9. The molecule has 6 rings (SSSR count). The number of nitrogens with one attached hydrogen (secondary N) is 2. The van der Waals surface area contributed by atoms with Crippen LogP contribution in [0, 0.1) is 23.7 Å². The molecular formula is C24H27N5O3S. The van der Waals surface area contributed by atoms with Crippen LogP contribution in [0.2, 0.25) is 0 Å². The molecule has 4 amide bonds. The Morgan fingerprint density at radius 3 is 2.36 bits per heavy atom. The maximum absolute atomic E-state index is 13.5. The van der Waals surface area contributed by atoms with Crippen LogP contribution in [0.1, 0.15) is 36.8 Å². The molecule has 172 valence electrons. The molecule has 1 saturated carbocycles. The lowest BCUT2D eigenvalue weighted by atomic mass is 9.63. The van der Waals surface area contributed by atoms with Gasteiger partial charge >= 0.3 is 6.03 Å². The zero-order chi connectivity index (χ0) is 22.9. The van der Waals surface area contributed by atoms with Gasteiger partial charge in [-0.05, 0) is 36.7 Å². The zero-order valence-corrected chi connectivity index (χ0v) is 19.3. The van der Waals surface area contributed by atoms with E-state index in [0.29, 0.717) is 11.6 Å². The van der Waals surface area contributed by atoms with Gasteiger partial charge in [0.15, 0.2) is 0 Å². The topological polar surface area (TPSA) is 104 Å². The van der Waals surface area contributed by atoms with Crippen LogP contribution < -0.4 is 10.6 Å². The number of allylic oxidation sites excluding steroid dienone is 2. The molecule has 0 radical (unpaired) electrons. The fraction of sp³-hybridized carbons (Fsp3) is 0.458. The average Bonchev–Trinajstić information content (AvgIpc) is 3.37. The molecule has 4 aliphatic rings. The van der Waals surface area contributed by atoms with E-state index in [-0.39, 0.29) is 35.5 Å². The van der Waals surface area contributed by atoms with E-state index in [1.807, 2.05) is 30.3 Å². The van der Waals surface area contributed by atoms with Crippen LogP contribution >= 0.6 is 11.3 Å². The number of hydrogen-bond donors (Lipinski definition) is 2. The molecule has 1 aliphatic heterocycles. The summed E-state index contributed by atoms with van der Waals surface area (Å²) in [4.78, 5) is 41.1. The van der Waals surface area contributed by atoms with Gasteiger partial charge in [-0.1, -0.05) is 60.7 Å². The van der Waals surface area contributed by atoms with Crippen LogP contribution in [0.5, 0.6) is 0 Å². The second-order valence-corrected chi connectivity index (χ2v) is 10.0. The van der Waals surface area contributed by atoms with Crippen molar-refractivity contribution in [3.8, 4) is 0 Å². The smallest absolute Gasteiger partial charge is 0.317 e. The number of carbonyl (C=O) groups is 3. The van der Waals surface area contributed by atoms with E-state index < -0.39 is 12.2 Å². The highest BCUT2D eigenvalue weighted by Crippen LogP contribution is 2.50. The van der Waals surface area contributed by atoms with Crippen LogP contribution in [-0.2, 0) is 22.4 Å². The summed E-state index contributed by atoms with van der Waals surface area (Å²) in [6.45, 7) is 2.05. The summed E-state index contributed by atoms with van der Waals surface area (Å²) in [7, 11) is 0. The lowest BCUT2D eigenvalue weighted by Crippen LogP contribution is -2.53. The maximum Gasteiger partial charge on any atom is 0.322 e. The Labute approximate surface area is 196 Å². The van der Waals surface area contributed by atoms with Gasteiger partial charge in [-0.3, -0.25) is 19.8 Å². The van der Waals surface area contributed by atoms with Gasteiger partial charge in [0.2, 0.25) is 16.9 Å². The van der Waals surface area contributed by atoms with Crippen molar-refractivity contribution in [1.29, 1.82) is 0 Å². The van der Waals surface area contributed by atoms with Crippen LogP contribution in [-0.4, -0.2) is 39.1 Å². The Hall–Kier alpha value is -3.07. The van der Waals surface area contributed by atoms with Gasteiger partial charge in [-0.15, -0.1) is 10.2 Å². The zero-order valence-electron chi connectivity index (χ0n) is 18.4. The molecule has 2 heterocycles. The normalized spacial score (nSPS) is 26.4. The van der Waals surface area contributed by atoms with Crippen molar-refractivity contribution in [2.24, 2.45) is 23.7 Å². The predicted molar refractivity (Wildman–Crippen MR) is 124 cm³/mol. The number of nitrogens with zero attached hydrogens (tertiary/aromatic N) is 3. The largest absolute Gasteiger partial charge is 0.322 e. The van der Waals surface area contributed by atoms with Crippen LogP contribution in [0.25, 0.3) is 0 Å². The minimum absolute atomic E-state index is 0.103. The highest BCUT2D eigenvalue weighted by Gasteiger charge is 2.58. The van der Waals surface area contributed by atoms with E-state index in [2.05, 4.69) is 39.9 Å². The first-order valence-electron chi connectivity index (χ1n) is 11.5. The van der Waals surface area contributed by atoms with Crippen molar-refractivity contribution in [3.05, 3.63) is 53.1 Å². The third-order valence-corrected chi connectivity index (χ3v) is 7.72. The number of amides is 4. The molecule has 9 heteroatoms. The van der Waals surface area contributed by atoms with Crippen LogP contribution in [0.3, 0.4) is 0 Å². The Kier molecular flexibility index (Phi) is 5.97. The molecule has 1 aromatic heterocycles. The van der Waals surface area contributed by atoms with E-state index in [1.165, 1.54) is 16.2 Å². The van der Waals surface area contributed by atoms with Crippen molar-refractivity contribution in [2.45, 2.75) is 45.2 Å². The number of anilines is 1. The molecule has 1 saturated heterocycles. The fourth-order valence-electron chi connectivity index (χ4n) is 5.35. The van der Waals surface area contributed by atoms with E-state index in [0.717, 1.165) is 36.3 Å².